The molecule has 1 aromatic heterocycles. The van der Waals surface area contributed by atoms with Crippen LogP contribution in [-0.4, -0.2) is 18.2 Å². The van der Waals surface area contributed by atoms with Gasteiger partial charge in [-0.2, -0.15) is 5.26 Å². The van der Waals surface area contributed by atoms with Gasteiger partial charge in [0.25, 0.3) is 5.91 Å². The van der Waals surface area contributed by atoms with E-state index < -0.39 is 0 Å². The molecule has 2 aromatic rings. The normalized spacial score (nSPS) is 13.7. The molecule has 1 aliphatic carbocycles. The van der Waals surface area contributed by atoms with Crippen molar-refractivity contribution in [1.29, 1.82) is 5.26 Å². The van der Waals surface area contributed by atoms with Gasteiger partial charge in [0, 0.05) is 4.88 Å². The van der Waals surface area contributed by atoms with Crippen LogP contribution in [0.15, 0.2) is 29.4 Å². The van der Waals surface area contributed by atoms with Gasteiger partial charge in [0.15, 0.2) is 6.61 Å². The summed E-state index contributed by atoms with van der Waals surface area (Å²) in [7, 11) is 0. The number of aryl methyl sites for hydroxylation is 2. The summed E-state index contributed by atoms with van der Waals surface area (Å²) in [6.45, 7) is 3.68. The summed E-state index contributed by atoms with van der Waals surface area (Å²) in [5.41, 5.74) is 4.55. The van der Waals surface area contributed by atoms with Crippen LogP contribution < -0.4 is 5.32 Å². The van der Waals surface area contributed by atoms with Crippen molar-refractivity contribution in [2.75, 3.05) is 11.9 Å². The van der Waals surface area contributed by atoms with Crippen molar-refractivity contribution in [3.8, 4) is 6.07 Å². The highest BCUT2D eigenvalue weighted by Gasteiger charge is 2.21. The fourth-order valence-electron chi connectivity index (χ4n) is 2.97. The molecule has 1 N–H and O–H groups in total. The van der Waals surface area contributed by atoms with Gasteiger partial charge in [0.05, 0.1) is 11.3 Å². The lowest BCUT2D eigenvalue weighted by Crippen LogP contribution is -2.17. The Labute approximate surface area is 157 Å². The van der Waals surface area contributed by atoms with Crippen LogP contribution in [0.5, 0.6) is 0 Å². The van der Waals surface area contributed by atoms with Crippen LogP contribution in [0.25, 0.3) is 0 Å². The summed E-state index contributed by atoms with van der Waals surface area (Å²) in [5.74, 6) is -0.305. The number of nitrogens with one attached hydrogen (secondary N) is 1. The average molecular weight is 367 g/mol. The highest BCUT2D eigenvalue weighted by atomic mass is 32.1. The zero-order chi connectivity index (χ0) is 18.5. The molecule has 134 valence electrons. The molecule has 0 bridgehead atoms. The number of carbonyl (C=O) groups is 1. The first-order valence-corrected chi connectivity index (χ1v) is 9.48. The monoisotopic (exact) mass is 367 g/mol. The van der Waals surface area contributed by atoms with Crippen LogP contribution >= 0.6 is 11.3 Å². The molecule has 26 heavy (non-hydrogen) atoms. The molecular weight excluding hydrogens is 346 g/mol. The molecule has 1 aliphatic rings. The third-order valence-corrected chi connectivity index (χ3v) is 5.61. The first kappa shape index (κ1) is 18.2. The molecule has 0 radical (unpaired) electrons. The summed E-state index contributed by atoms with van der Waals surface area (Å²) in [6, 6.07) is 10.2. The number of hydrogen-bond acceptors (Lipinski definition) is 5. The quantitative estimate of drug-likeness (QED) is 0.636. The third-order valence-electron chi connectivity index (χ3n) is 4.40. The number of oxime groups is 1. The molecule has 0 unspecified atom stereocenters. The minimum Gasteiger partial charge on any atom is -0.385 e. The Morgan fingerprint density at radius 2 is 2.04 bits per heavy atom. The maximum absolute atomic E-state index is 12.1. The van der Waals surface area contributed by atoms with Crippen LogP contribution in [0.3, 0.4) is 0 Å². The van der Waals surface area contributed by atoms with Gasteiger partial charge in [0.2, 0.25) is 0 Å². The van der Waals surface area contributed by atoms with E-state index in [1.807, 2.05) is 38.1 Å². The number of anilines is 1. The summed E-state index contributed by atoms with van der Waals surface area (Å²) < 4.78 is 0. The molecule has 0 atom stereocenters. The number of hydrogen-bond donors (Lipinski definition) is 1. The zero-order valence-electron chi connectivity index (χ0n) is 15.0. The highest BCUT2D eigenvalue weighted by molar-refractivity contribution is 7.16. The second-order valence-electron chi connectivity index (χ2n) is 6.39. The molecule has 6 heteroatoms. The van der Waals surface area contributed by atoms with E-state index in [2.05, 4.69) is 16.5 Å². The summed E-state index contributed by atoms with van der Waals surface area (Å²) in [4.78, 5) is 18.6. The maximum Gasteiger partial charge on any atom is 0.265 e. The highest BCUT2D eigenvalue weighted by Crippen LogP contribution is 2.37. The van der Waals surface area contributed by atoms with Crippen LogP contribution in [0.2, 0.25) is 0 Å². The van der Waals surface area contributed by atoms with E-state index in [0.717, 1.165) is 36.8 Å². The first-order chi connectivity index (χ1) is 12.6. The Hall–Kier alpha value is -2.65. The van der Waals surface area contributed by atoms with Crippen molar-refractivity contribution in [3.05, 3.63) is 51.4 Å². The second-order valence-corrected chi connectivity index (χ2v) is 7.50. The maximum atomic E-state index is 12.1. The van der Waals surface area contributed by atoms with E-state index in [1.165, 1.54) is 21.8 Å². The standard InChI is InChI=1S/C20H21N3O2S/c1-13-7-9-15(10-8-13)14(2)23-25-12-19(24)22-20-17(11-21)16-5-3-4-6-18(16)26-20/h7-10H,3-6,12H2,1-2H3,(H,22,24)/b23-14+. The number of amides is 1. The van der Waals surface area contributed by atoms with E-state index >= 15 is 0 Å². The van der Waals surface area contributed by atoms with Crippen molar-refractivity contribution >= 4 is 28.0 Å². The predicted octanol–water partition coefficient (Wildman–Crippen LogP) is 4.19. The van der Waals surface area contributed by atoms with Gasteiger partial charge in [-0.25, -0.2) is 0 Å². The lowest BCUT2D eigenvalue weighted by molar-refractivity contribution is -0.120. The molecule has 1 aromatic carbocycles. The number of nitrogens with zero attached hydrogens (tertiary/aromatic N) is 2. The molecule has 1 amide bonds. The smallest absolute Gasteiger partial charge is 0.265 e. The number of thiophene rings is 1. The Kier molecular flexibility index (Phi) is 5.69. The Bertz CT molecular complexity index is 876. The minimum atomic E-state index is -0.305. The minimum absolute atomic E-state index is 0.184. The van der Waals surface area contributed by atoms with Gasteiger partial charge in [0.1, 0.15) is 11.1 Å². The lowest BCUT2D eigenvalue weighted by Gasteiger charge is -2.09. The Morgan fingerprint density at radius 3 is 2.77 bits per heavy atom. The second kappa shape index (κ2) is 8.15. The van der Waals surface area contributed by atoms with Crippen molar-refractivity contribution in [2.45, 2.75) is 39.5 Å². The van der Waals surface area contributed by atoms with Crippen LogP contribution in [0.1, 0.15) is 46.9 Å². The van der Waals surface area contributed by atoms with Gasteiger partial charge < -0.3 is 10.2 Å². The fraction of sp³-hybridized carbons (Fsp3) is 0.350. The molecule has 5 nitrogen and oxygen atoms in total. The topological polar surface area (TPSA) is 74.5 Å². The van der Waals surface area contributed by atoms with E-state index in [9.17, 15) is 10.1 Å². The van der Waals surface area contributed by atoms with Gasteiger partial charge >= 0.3 is 0 Å². The first-order valence-electron chi connectivity index (χ1n) is 8.66. The predicted molar refractivity (Wildman–Crippen MR) is 104 cm³/mol. The van der Waals surface area contributed by atoms with E-state index in [4.69, 9.17) is 4.84 Å². The van der Waals surface area contributed by atoms with Crippen molar-refractivity contribution in [2.24, 2.45) is 5.16 Å². The number of rotatable bonds is 5. The number of fused-ring (bicyclic) bond motifs is 1. The number of carbonyl (C=O) groups excluding carboxylic acids is 1. The molecule has 0 fully saturated rings. The molecule has 0 aliphatic heterocycles. The molecule has 0 spiro atoms. The molecule has 1 heterocycles. The summed E-state index contributed by atoms with van der Waals surface area (Å²) >= 11 is 1.51. The lowest BCUT2D eigenvalue weighted by atomic mass is 9.96. The van der Waals surface area contributed by atoms with E-state index in [0.29, 0.717) is 16.3 Å². The summed E-state index contributed by atoms with van der Waals surface area (Å²) in [6.07, 6.45) is 4.14. The van der Waals surface area contributed by atoms with Gasteiger partial charge in [-0.1, -0.05) is 35.0 Å². The zero-order valence-corrected chi connectivity index (χ0v) is 15.8. The molecule has 0 saturated carbocycles. The van der Waals surface area contributed by atoms with Crippen LogP contribution in [0, 0.1) is 18.3 Å². The van der Waals surface area contributed by atoms with Crippen LogP contribution in [-0.2, 0) is 22.5 Å². The van der Waals surface area contributed by atoms with E-state index in [1.54, 1.807) is 0 Å². The molecule has 0 saturated heterocycles. The van der Waals surface area contributed by atoms with Crippen molar-refractivity contribution < 1.29 is 9.63 Å². The SMILES string of the molecule is C/C(=N\OCC(=O)Nc1sc2c(c1C#N)CCCC2)c1ccc(C)cc1. The third kappa shape index (κ3) is 4.12. The summed E-state index contributed by atoms with van der Waals surface area (Å²) in [5, 5.41) is 16.9. The van der Waals surface area contributed by atoms with Crippen molar-refractivity contribution in [1.82, 2.24) is 0 Å². The van der Waals surface area contributed by atoms with Gasteiger partial charge in [-0.05, 0) is 50.7 Å². The van der Waals surface area contributed by atoms with Gasteiger partial charge in [-0.15, -0.1) is 11.3 Å². The van der Waals surface area contributed by atoms with Gasteiger partial charge in [-0.3, -0.25) is 4.79 Å². The van der Waals surface area contributed by atoms with Crippen molar-refractivity contribution in [3.63, 3.8) is 0 Å². The molecule has 3 rings (SSSR count). The Morgan fingerprint density at radius 1 is 1.31 bits per heavy atom. The molecular formula is C20H21N3O2S. The number of benzene rings is 1. The van der Waals surface area contributed by atoms with Crippen LogP contribution in [0.4, 0.5) is 5.00 Å². The fourth-order valence-corrected chi connectivity index (χ4v) is 4.23. The Balaban J connectivity index is 1.59. The average Bonchev–Trinajstić information content (AvgIpc) is 2.99. The van der Waals surface area contributed by atoms with E-state index in [-0.39, 0.29) is 12.5 Å². The largest absolute Gasteiger partial charge is 0.385 e. The number of nitriles is 1.